The number of hydrogen-bond donors (Lipinski definition) is 7. The van der Waals surface area contributed by atoms with Crippen molar-refractivity contribution in [2.45, 2.75) is 33.6 Å². The van der Waals surface area contributed by atoms with Crippen LogP contribution in [0.25, 0.3) is 17.1 Å². The van der Waals surface area contributed by atoms with Gasteiger partial charge in [0.2, 0.25) is 5.95 Å². The number of carboxylic acids is 1. The maximum Gasteiger partial charge on any atom is 0.421 e. The topological polar surface area (TPSA) is 253 Å². The third-order valence-electron chi connectivity index (χ3n) is 6.77. The second-order valence-corrected chi connectivity index (χ2v) is 10.2. The fraction of sp³-hybridized carbons (Fsp3) is 0.286. The molecule has 0 aliphatic heterocycles. The Morgan fingerprint density at radius 1 is 1.13 bits per heavy atom. The highest BCUT2D eigenvalue weighted by molar-refractivity contribution is 5.78. The zero-order valence-electron chi connectivity index (χ0n) is 25.1. The largest absolute Gasteiger partial charge is 0.481 e. The van der Waals surface area contributed by atoms with Gasteiger partial charge < -0.3 is 30.9 Å². The molecule has 5 rings (SSSR count). The van der Waals surface area contributed by atoms with Crippen LogP contribution in [0.2, 0.25) is 0 Å². The number of aliphatic hydroxyl groups is 2. The van der Waals surface area contributed by atoms with Crippen LogP contribution in [0.4, 0.5) is 34.8 Å². The van der Waals surface area contributed by atoms with E-state index in [0.29, 0.717) is 17.1 Å². The fourth-order valence-electron chi connectivity index (χ4n) is 4.68. The van der Waals surface area contributed by atoms with Crippen LogP contribution in [0, 0.1) is 32.1 Å². The summed E-state index contributed by atoms with van der Waals surface area (Å²) in [5, 5.41) is 56.9. The number of fused-ring (bicyclic) bond motifs is 1. The standard InChI is InChI=1S/C28H30N14O4/c1-15-7-16(2)21(17(3)8-15)34-27-35-25(31-6-4-5-20(45)46)22(26(37-27)41(13-43)14-44)38-39-23-18(9-29)11-42(40-23)28-33-19-10-30-12-32-24(19)36-28/h7-8,10-12,43-44H,4-6,13-14H2,1-3H3,(H4,30,31,32,33,34,35,36,37,39,40,45,46)/p+1. The average molecular weight is 628 g/mol. The van der Waals surface area contributed by atoms with Gasteiger partial charge in [0.05, 0.1) is 6.20 Å². The Labute approximate surface area is 261 Å². The summed E-state index contributed by atoms with van der Waals surface area (Å²) >= 11 is 0. The van der Waals surface area contributed by atoms with Crippen molar-refractivity contribution in [3.05, 3.63) is 53.1 Å². The Morgan fingerprint density at radius 2 is 1.89 bits per heavy atom. The number of aryl methyl sites for hydroxylation is 3. The molecular formula is C28H31N14O4+. The number of aliphatic carboxylic acids is 1. The third kappa shape index (κ3) is 6.85. The lowest BCUT2D eigenvalue weighted by atomic mass is 10.1. The number of nitriles is 1. The summed E-state index contributed by atoms with van der Waals surface area (Å²) in [7, 11) is 0. The molecule has 0 atom stereocenters. The van der Waals surface area contributed by atoms with Crippen LogP contribution >= 0.6 is 0 Å². The summed E-state index contributed by atoms with van der Waals surface area (Å²) in [6.45, 7) is 4.82. The van der Waals surface area contributed by atoms with Crippen LogP contribution in [0.1, 0.15) is 35.1 Å². The number of nitrogens with zero attached hydrogens (tertiary/aromatic N) is 10. The molecular weight excluding hydrogens is 596 g/mol. The first-order valence-corrected chi connectivity index (χ1v) is 14.0. The number of carboxylic acid groups (broad SMARTS) is 1. The monoisotopic (exact) mass is 627 g/mol. The number of anilines is 4. The summed E-state index contributed by atoms with van der Waals surface area (Å²) in [4.78, 5) is 36.9. The number of aliphatic hydroxyl groups excluding tert-OH is 2. The number of nitrogens with one attached hydrogen (secondary N) is 4. The van der Waals surface area contributed by atoms with Gasteiger partial charge in [-0.2, -0.15) is 20.2 Å². The highest BCUT2D eigenvalue weighted by Crippen LogP contribution is 2.37. The summed E-state index contributed by atoms with van der Waals surface area (Å²) < 4.78 is 1.43. The van der Waals surface area contributed by atoms with E-state index in [1.54, 1.807) is 6.20 Å². The number of carbonyl (C=O) groups is 1. The lowest BCUT2D eigenvalue weighted by Crippen LogP contribution is -2.33. The van der Waals surface area contributed by atoms with Gasteiger partial charge in [-0.3, -0.25) is 4.79 Å². The van der Waals surface area contributed by atoms with Gasteiger partial charge in [-0.15, -0.1) is 14.9 Å². The van der Waals surface area contributed by atoms with Gasteiger partial charge in [-0.05, 0) is 43.3 Å². The lowest BCUT2D eigenvalue weighted by Gasteiger charge is -2.22. The van der Waals surface area contributed by atoms with E-state index >= 15 is 0 Å². The first-order chi connectivity index (χ1) is 22.2. The van der Waals surface area contributed by atoms with Crippen molar-refractivity contribution in [3.63, 3.8) is 0 Å². The zero-order valence-corrected chi connectivity index (χ0v) is 25.1. The molecule has 0 unspecified atom stereocenters. The summed E-state index contributed by atoms with van der Waals surface area (Å²) in [6, 6.07) is 6.07. The third-order valence-corrected chi connectivity index (χ3v) is 6.77. The van der Waals surface area contributed by atoms with E-state index < -0.39 is 19.4 Å². The van der Waals surface area contributed by atoms with Crippen molar-refractivity contribution < 1.29 is 24.8 Å². The number of hydrogen-bond acceptors (Lipinski definition) is 14. The highest BCUT2D eigenvalue weighted by Gasteiger charge is 2.23. The molecule has 4 heterocycles. The van der Waals surface area contributed by atoms with Crippen LogP contribution in [-0.4, -0.2) is 76.3 Å². The molecule has 0 saturated carbocycles. The van der Waals surface area contributed by atoms with Crippen molar-refractivity contribution in [1.29, 1.82) is 5.26 Å². The smallest absolute Gasteiger partial charge is 0.421 e. The summed E-state index contributed by atoms with van der Waals surface area (Å²) in [5.41, 5.74) is 4.90. The Morgan fingerprint density at radius 3 is 2.57 bits per heavy atom. The van der Waals surface area contributed by atoms with Crippen molar-refractivity contribution >= 4 is 51.9 Å². The quantitative estimate of drug-likeness (QED) is 0.0429. The molecule has 0 radical (unpaired) electrons. The Kier molecular flexibility index (Phi) is 9.35. The molecule has 0 amide bonds. The van der Waals surface area contributed by atoms with Crippen LogP contribution in [0.5, 0.6) is 0 Å². The molecule has 46 heavy (non-hydrogen) atoms. The molecule has 18 nitrogen and oxygen atoms in total. The van der Waals surface area contributed by atoms with E-state index in [2.05, 4.69) is 61.9 Å². The maximum atomic E-state index is 11.1. The normalized spacial score (nSPS) is 11.2. The Bertz CT molecular complexity index is 1900. The van der Waals surface area contributed by atoms with E-state index in [4.69, 9.17) is 5.11 Å². The van der Waals surface area contributed by atoms with Gasteiger partial charge in [-0.1, -0.05) is 17.7 Å². The Balaban J connectivity index is 1.58. The van der Waals surface area contributed by atoms with Crippen LogP contribution < -0.4 is 20.2 Å². The number of azo groups is 1. The molecule has 0 spiro atoms. The number of H-pyrrole nitrogens is 2. The van der Waals surface area contributed by atoms with E-state index in [9.17, 15) is 20.3 Å². The zero-order chi connectivity index (χ0) is 32.8. The molecule has 7 N–H and O–H groups in total. The van der Waals surface area contributed by atoms with Crippen molar-refractivity contribution in [3.8, 4) is 12.0 Å². The van der Waals surface area contributed by atoms with Gasteiger partial charge in [0, 0.05) is 18.7 Å². The number of aromatic amines is 2. The molecule has 0 bridgehead atoms. The molecule has 0 aliphatic rings. The fourth-order valence-corrected chi connectivity index (χ4v) is 4.68. The van der Waals surface area contributed by atoms with Gasteiger partial charge >= 0.3 is 11.9 Å². The highest BCUT2D eigenvalue weighted by atomic mass is 16.4. The van der Waals surface area contributed by atoms with E-state index in [0.717, 1.165) is 27.3 Å². The lowest BCUT2D eigenvalue weighted by molar-refractivity contribution is -0.661. The number of benzene rings is 1. The van der Waals surface area contributed by atoms with Gasteiger partial charge in [0.1, 0.15) is 37.6 Å². The van der Waals surface area contributed by atoms with Crippen molar-refractivity contribution in [2.24, 2.45) is 10.2 Å². The molecule has 0 saturated heterocycles. The number of rotatable bonds is 13. The number of aromatic nitrogens is 8. The SMILES string of the molecule is Cc1cc(C)c(Nc2nc(NCCCC(=O)O)c(N=Nc3[nH][n+](-c4nc5ncncc5[nH]4)cc3C#N)c(N(CO)CO)n2)c(C)c1. The minimum absolute atomic E-state index is 0.0169. The van der Waals surface area contributed by atoms with Crippen LogP contribution in [-0.2, 0) is 4.79 Å². The first kappa shape index (κ1) is 31.4. The predicted molar refractivity (Wildman–Crippen MR) is 164 cm³/mol. The number of imidazole rings is 1. The molecule has 4 aromatic heterocycles. The molecule has 1 aromatic carbocycles. The second-order valence-electron chi connectivity index (χ2n) is 10.2. The van der Waals surface area contributed by atoms with E-state index in [1.165, 1.54) is 17.2 Å². The van der Waals surface area contributed by atoms with Crippen molar-refractivity contribution in [1.82, 2.24) is 35.0 Å². The molecule has 5 aromatic rings. The van der Waals surface area contributed by atoms with E-state index in [1.807, 2.05) is 32.9 Å². The van der Waals surface area contributed by atoms with Gasteiger partial charge in [0.15, 0.2) is 28.7 Å². The van der Waals surface area contributed by atoms with Gasteiger partial charge in [-0.25, -0.2) is 15.1 Å². The predicted octanol–water partition coefficient (Wildman–Crippen LogP) is 2.69. The van der Waals surface area contributed by atoms with Gasteiger partial charge in [0.25, 0.3) is 5.65 Å². The molecule has 18 heteroatoms. The maximum absolute atomic E-state index is 11.1. The summed E-state index contributed by atoms with van der Waals surface area (Å²) in [5.74, 6) is -0.287. The minimum Gasteiger partial charge on any atom is -0.481 e. The molecule has 0 fully saturated rings. The van der Waals surface area contributed by atoms with Crippen LogP contribution in [0.3, 0.4) is 0 Å². The Hall–Kier alpha value is -6.06. The van der Waals surface area contributed by atoms with Crippen molar-refractivity contribution in [2.75, 3.05) is 35.5 Å². The molecule has 236 valence electrons. The van der Waals surface area contributed by atoms with E-state index in [-0.39, 0.29) is 54.0 Å². The summed E-state index contributed by atoms with van der Waals surface area (Å²) in [6.07, 6.45) is 4.58. The first-order valence-electron chi connectivity index (χ1n) is 14.0. The second kappa shape index (κ2) is 13.7. The van der Waals surface area contributed by atoms with Crippen LogP contribution in [0.15, 0.2) is 41.1 Å². The minimum atomic E-state index is -0.954. The average Bonchev–Trinajstić information content (AvgIpc) is 3.65. The molecule has 0 aliphatic carbocycles.